The first-order valence-electron chi connectivity index (χ1n) is 4.53. The number of hydrogen-bond acceptors (Lipinski definition) is 2. The first-order valence-corrected chi connectivity index (χ1v) is 4.53. The van der Waals surface area contributed by atoms with Crippen LogP contribution in [0, 0.1) is 0 Å². The fraction of sp³-hybridized carbons (Fsp3) is 0.333. The summed E-state index contributed by atoms with van der Waals surface area (Å²) < 4.78 is 61.9. The van der Waals surface area contributed by atoms with E-state index in [0.717, 1.165) is 24.3 Å². The first kappa shape index (κ1) is 13.9. The second kappa shape index (κ2) is 4.62. The molecule has 0 bridgehead atoms. The van der Waals surface area contributed by atoms with Gasteiger partial charge in [0.15, 0.2) is 0 Å². The summed E-state index contributed by atoms with van der Waals surface area (Å²) in [5, 5.41) is 17.4. The summed E-state index contributed by atoms with van der Waals surface area (Å²) in [4.78, 5) is 0. The van der Waals surface area contributed by atoms with Crippen molar-refractivity contribution in [1.82, 2.24) is 0 Å². The number of alkyl halides is 5. The Kier molecular flexibility index (Phi) is 3.78. The Morgan fingerprint density at radius 1 is 0.941 bits per heavy atom. The molecule has 0 fully saturated rings. The molecule has 8 heteroatoms. The molecule has 0 aromatic heterocycles. The molecule has 1 rings (SSSR count). The lowest BCUT2D eigenvalue weighted by Crippen LogP contribution is -2.30. The van der Waals surface area contributed by atoms with Crippen LogP contribution in [0.5, 0.6) is 0 Å². The van der Waals surface area contributed by atoms with E-state index in [4.69, 9.17) is 10.0 Å². The monoisotopic (exact) mass is 254 g/mol. The Morgan fingerprint density at radius 2 is 1.41 bits per heavy atom. The van der Waals surface area contributed by atoms with Crippen LogP contribution in [-0.4, -0.2) is 23.3 Å². The van der Waals surface area contributed by atoms with Crippen LogP contribution in [0.1, 0.15) is 12.0 Å². The molecular weight excluding hydrogens is 246 g/mol. The van der Waals surface area contributed by atoms with E-state index < -0.39 is 31.2 Å². The average Bonchev–Trinajstić information content (AvgIpc) is 2.14. The summed E-state index contributed by atoms with van der Waals surface area (Å²) in [5.41, 5.74) is -0.893. The predicted octanol–water partition coefficient (Wildman–Crippen LogP) is 1.41. The largest absolute Gasteiger partial charge is 0.488 e. The molecule has 0 unspecified atom stereocenters. The minimum absolute atomic E-state index is 0.0726. The summed E-state index contributed by atoms with van der Waals surface area (Å²) in [6, 6.07) is 3.34. The van der Waals surface area contributed by atoms with Gasteiger partial charge in [-0.25, -0.2) is 8.78 Å². The smallest absolute Gasteiger partial charge is 0.423 e. The molecule has 1 aromatic rings. The van der Waals surface area contributed by atoms with Crippen molar-refractivity contribution in [2.45, 2.75) is 18.5 Å². The maximum Gasteiger partial charge on any atom is 0.488 e. The zero-order valence-electron chi connectivity index (χ0n) is 8.38. The molecule has 0 saturated carbocycles. The maximum atomic E-state index is 13.1. The van der Waals surface area contributed by atoms with Crippen molar-refractivity contribution in [1.29, 1.82) is 0 Å². The quantitative estimate of drug-likeness (QED) is 0.632. The van der Waals surface area contributed by atoms with Gasteiger partial charge in [0.2, 0.25) is 0 Å². The van der Waals surface area contributed by atoms with Crippen molar-refractivity contribution in [2.24, 2.45) is 0 Å². The molecule has 0 aliphatic carbocycles. The number of benzene rings is 1. The minimum atomic E-state index is -4.97. The van der Waals surface area contributed by atoms with Gasteiger partial charge in [-0.3, -0.25) is 0 Å². The summed E-state index contributed by atoms with van der Waals surface area (Å²) in [6.07, 6.45) is -7.22. The van der Waals surface area contributed by atoms with Gasteiger partial charge in [-0.1, -0.05) is 24.3 Å². The van der Waals surface area contributed by atoms with Crippen LogP contribution in [0.4, 0.5) is 22.0 Å². The Labute approximate surface area is 93.8 Å². The third-order valence-corrected chi connectivity index (χ3v) is 2.05. The minimum Gasteiger partial charge on any atom is -0.423 e. The summed E-state index contributed by atoms with van der Waals surface area (Å²) >= 11 is 0. The third kappa shape index (κ3) is 3.97. The highest BCUT2D eigenvalue weighted by Gasteiger charge is 2.44. The van der Waals surface area contributed by atoms with Crippen LogP contribution < -0.4 is 5.46 Å². The molecule has 0 atom stereocenters. The second-order valence-corrected chi connectivity index (χ2v) is 3.49. The van der Waals surface area contributed by atoms with Crippen molar-refractivity contribution in [3.63, 3.8) is 0 Å². The van der Waals surface area contributed by atoms with E-state index in [9.17, 15) is 22.0 Å². The fourth-order valence-corrected chi connectivity index (χ4v) is 1.25. The molecule has 0 aliphatic heterocycles. The molecule has 0 heterocycles. The normalized spacial score (nSPS) is 12.6. The van der Waals surface area contributed by atoms with E-state index in [2.05, 4.69) is 0 Å². The topological polar surface area (TPSA) is 40.5 Å². The SMILES string of the molecule is OB(O)c1ccc(C(F)(F)CC(F)(F)F)cc1. The molecule has 1 aromatic carbocycles. The number of hydrogen-bond donors (Lipinski definition) is 2. The van der Waals surface area contributed by atoms with Crippen molar-refractivity contribution >= 4 is 12.6 Å². The standard InChI is InChI=1S/C9H8BF5O2/c11-8(12,5-9(13,14)15)6-1-3-7(4-2-6)10(16)17/h1-4,16-17H,5H2. The molecule has 2 nitrogen and oxygen atoms in total. The van der Waals surface area contributed by atoms with Crippen LogP contribution in [0.3, 0.4) is 0 Å². The third-order valence-electron chi connectivity index (χ3n) is 2.05. The molecule has 0 aliphatic rings. The van der Waals surface area contributed by atoms with Gasteiger partial charge >= 0.3 is 13.3 Å². The van der Waals surface area contributed by atoms with Gasteiger partial charge in [-0.05, 0) is 5.46 Å². The van der Waals surface area contributed by atoms with Gasteiger partial charge in [0, 0.05) is 5.56 Å². The van der Waals surface area contributed by atoms with Crippen LogP contribution in [0.2, 0.25) is 0 Å². The van der Waals surface area contributed by atoms with Crippen molar-refractivity contribution in [3.8, 4) is 0 Å². The molecule has 17 heavy (non-hydrogen) atoms. The number of rotatable bonds is 3. The van der Waals surface area contributed by atoms with Gasteiger partial charge in [0.25, 0.3) is 5.92 Å². The Bertz CT molecular complexity index is 374. The summed E-state index contributed by atoms with van der Waals surface area (Å²) in [6.45, 7) is 0. The van der Waals surface area contributed by atoms with Gasteiger partial charge in [-0.2, -0.15) is 13.2 Å². The highest BCUT2D eigenvalue weighted by Crippen LogP contribution is 2.38. The van der Waals surface area contributed by atoms with E-state index in [1.54, 1.807) is 0 Å². The lowest BCUT2D eigenvalue weighted by molar-refractivity contribution is -0.190. The van der Waals surface area contributed by atoms with Crippen molar-refractivity contribution in [3.05, 3.63) is 29.8 Å². The lowest BCUT2D eigenvalue weighted by Gasteiger charge is -2.18. The van der Waals surface area contributed by atoms with E-state index in [1.165, 1.54) is 0 Å². The van der Waals surface area contributed by atoms with Crippen LogP contribution in [0.15, 0.2) is 24.3 Å². The van der Waals surface area contributed by atoms with Crippen molar-refractivity contribution < 1.29 is 32.0 Å². The van der Waals surface area contributed by atoms with Gasteiger partial charge in [-0.15, -0.1) is 0 Å². The molecule has 2 N–H and O–H groups in total. The Hall–Kier alpha value is -1.15. The Balaban J connectivity index is 2.92. The van der Waals surface area contributed by atoms with Gasteiger partial charge in [0.1, 0.15) is 6.42 Å². The predicted molar refractivity (Wildman–Crippen MR) is 50.8 cm³/mol. The number of halogens is 5. The van der Waals surface area contributed by atoms with E-state index >= 15 is 0 Å². The van der Waals surface area contributed by atoms with E-state index in [0.29, 0.717) is 0 Å². The lowest BCUT2D eigenvalue weighted by atomic mass is 9.80. The first-order chi connectivity index (χ1) is 7.62. The van der Waals surface area contributed by atoms with Gasteiger partial charge < -0.3 is 10.0 Å². The van der Waals surface area contributed by atoms with E-state index in [-0.39, 0.29) is 5.46 Å². The molecular formula is C9H8BF5O2. The van der Waals surface area contributed by atoms with Crippen LogP contribution >= 0.6 is 0 Å². The van der Waals surface area contributed by atoms with Crippen molar-refractivity contribution in [2.75, 3.05) is 0 Å². The van der Waals surface area contributed by atoms with Crippen LogP contribution in [-0.2, 0) is 5.92 Å². The average molecular weight is 254 g/mol. The Morgan fingerprint density at radius 3 is 1.76 bits per heavy atom. The fourth-order valence-electron chi connectivity index (χ4n) is 1.25. The highest BCUT2D eigenvalue weighted by atomic mass is 19.4. The maximum absolute atomic E-state index is 13.1. The summed E-state index contributed by atoms with van der Waals surface area (Å²) in [5.74, 6) is -4.03. The van der Waals surface area contributed by atoms with E-state index in [1.807, 2.05) is 0 Å². The zero-order valence-corrected chi connectivity index (χ0v) is 8.38. The molecule has 0 amide bonds. The second-order valence-electron chi connectivity index (χ2n) is 3.49. The molecule has 0 saturated heterocycles. The summed E-state index contributed by atoms with van der Waals surface area (Å²) in [7, 11) is -1.85. The van der Waals surface area contributed by atoms with Gasteiger partial charge in [0.05, 0.1) is 0 Å². The molecule has 0 radical (unpaired) electrons. The zero-order chi connectivity index (χ0) is 13.3. The van der Waals surface area contributed by atoms with Crippen LogP contribution in [0.25, 0.3) is 0 Å². The highest BCUT2D eigenvalue weighted by molar-refractivity contribution is 6.58. The molecule has 94 valence electrons. The molecule has 0 spiro atoms.